The molecule has 0 spiro atoms. The third-order valence-electron chi connectivity index (χ3n) is 6.93. The second-order valence-corrected chi connectivity index (χ2v) is 8.98. The van der Waals surface area contributed by atoms with Gasteiger partial charge in [-0.3, -0.25) is 9.59 Å². The molecule has 7 nitrogen and oxygen atoms in total. The van der Waals surface area contributed by atoms with E-state index >= 15 is 0 Å². The van der Waals surface area contributed by atoms with Gasteiger partial charge in [0.05, 0.1) is 14.2 Å². The number of likely N-dealkylation sites (N-methyl/N-ethyl adjacent to an activating group) is 1. The van der Waals surface area contributed by atoms with Crippen molar-refractivity contribution in [1.82, 2.24) is 15.1 Å². The molecule has 7 heteroatoms. The molecular formula is C26H33N3O4. The summed E-state index contributed by atoms with van der Waals surface area (Å²) in [5.41, 5.74) is 1.70. The van der Waals surface area contributed by atoms with E-state index in [1.54, 1.807) is 38.5 Å². The van der Waals surface area contributed by atoms with E-state index in [2.05, 4.69) is 17.3 Å². The Balaban J connectivity index is 1.50. The highest BCUT2D eigenvalue weighted by atomic mass is 16.5. The van der Waals surface area contributed by atoms with Crippen molar-refractivity contribution >= 4 is 11.8 Å². The zero-order valence-electron chi connectivity index (χ0n) is 19.6. The average Bonchev–Trinajstić information content (AvgIpc) is 3.27. The first-order valence-electron chi connectivity index (χ1n) is 11.5. The molecule has 33 heavy (non-hydrogen) atoms. The number of hydrogen-bond acceptors (Lipinski definition) is 5. The van der Waals surface area contributed by atoms with E-state index in [0.717, 1.165) is 43.9 Å². The fourth-order valence-corrected chi connectivity index (χ4v) is 4.92. The second-order valence-electron chi connectivity index (χ2n) is 8.98. The van der Waals surface area contributed by atoms with Crippen molar-refractivity contribution in [1.29, 1.82) is 0 Å². The minimum Gasteiger partial charge on any atom is -0.497 e. The number of benzene rings is 2. The molecule has 0 radical (unpaired) electrons. The Morgan fingerprint density at radius 1 is 0.848 bits per heavy atom. The predicted molar refractivity (Wildman–Crippen MR) is 127 cm³/mol. The Morgan fingerprint density at radius 3 is 2.00 bits per heavy atom. The minimum atomic E-state index is -0.150. The van der Waals surface area contributed by atoms with Crippen LogP contribution in [0.3, 0.4) is 0 Å². The largest absolute Gasteiger partial charge is 0.497 e. The number of nitrogens with zero attached hydrogens (tertiary/aromatic N) is 2. The molecule has 2 aromatic rings. The molecule has 2 aromatic carbocycles. The van der Waals surface area contributed by atoms with Crippen LogP contribution in [-0.2, 0) is 4.79 Å². The van der Waals surface area contributed by atoms with Crippen LogP contribution in [0.4, 0.5) is 0 Å². The Morgan fingerprint density at radius 2 is 1.42 bits per heavy atom. The van der Waals surface area contributed by atoms with Crippen molar-refractivity contribution in [2.75, 3.05) is 47.4 Å². The summed E-state index contributed by atoms with van der Waals surface area (Å²) >= 11 is 0. The third-order valence-corrected chi connectivity index (χ3v) is 6.93. The number of methoxy groups -OCH3 is 2. The standard InChI is InChI=1S/C26H33N3O4/c1-28-12-14-29(15-13-28)26(31)24-17-20(16-23(24)18-4-8-21(32-2)9-5-18)27-25(30)19-6-10-22(33-3)11-7-19/h4-11,20,23-24H,12-17H2,1-3H3,(H,27,30)/t20-,23+,24-/m0/s1. The lowest BCUT2D eigenvalue weighted by Crippen LogP contribution is -2.49. The van der Waals surface area contributed by atoms with Gasteiger partial charge in [0.2, 0.25) is 5.91 Å². The van der Waals surface area contributed by atoms with Crippen molar-refractivity contribution in [3.63, 3.8) is 0 Å². The lowest BCUT2D eigenvalue weighted by Gasteiger charge is -2.35. The Kier molecular flexibility index (Phi) is 7.18. The Hall–Kier alpha value is -3.06. The molecule has 4 rings (SSSR count). The van der Waals surface area contributed by atoms with E-state index in [-0.39, 0.29) is 29.7 Å². The molecule has 1 aliphatic carbocycles. The molecule has 1 N–H and O–H groups in total. The van der Waals surface area contributed by atoms with Crippen LogP contribution in [0, 0.1) is 5.92 Å². The van der Waals surface area contributed by atoms with Gasteiger partial charge in [-0.05, 0) is 67.8 Å². The van der Waals surface area contributed by atoms with E-state index in [0.29, 0.717) is 17.7 Å². The van der Waals surface area contributed by atoms with E-state index in [9.17, 15) is 9.59 Å². The van der Waals surface area contributed by atoms with Crippen molar-refractivity contribution in [2.45, 2.75) is 24.8 Å². The van der Waals surface area contributed by atoms with Crippen molar-refractivity contribution in [3.05, 3.63) is 59.7 Å². The van der Waals surface area contributed by atoms with Gasteiger partial charge in [-0.15, -0.1) is 0 Å². The van der Waals surface area contributed by atoms with Crippen LogP contribution in [0.15, 0.2) is 48.5 Å². The average molecular weight is 452 g/mol. The fraction of sp³-hybridized carbons (Fsp3) is 0.462. The van der Waals surface area contributed by atoms with Crippen LogP contribution in [0.25, 0.3) is 0 Å². The number of nitrogens with one attached hydrogen (secondary N) is 1. The molecule has 1 saturated carbocycles. The topological polar surface area (TPSA) is 71.1 Å². The van der Waals surface area contributed by atoms with Crippen LogP contribution in [0.1, 0.15) is 34.7 Å². The highest BCUT2D eigenvalue weighted by Crippen LogP contribution is 2.41. The van der Waals surface area contributed by atoms with Crippen molar-refractivity contribution in [2.24, 2.45) is 5.92 Å². The first kappa shape index (κ1) is 23.1. The lowest BCUT2D eigenvalue weighted by molar-refractivity contribution is -0.137. The molecule has 2 amide bonds. The maximum Gasteiger partial charge on any atom is 0.251 e. The van der Waals surface area contributed by atoms with Gasteiger partial charge in [0, 0.05) is 43.7 Å². The Labute approximate surface area is 195 Å². The third kappa shape index (κ3) is 5.30. The molecule has 1 aliphatic heterocycles. The highest BCUT2D eigenvalue weighted by molar-refractivity contribution is 5.94. The summed E-state index contributed by atoms with van der Waals surface area (Å²) in [5, 5.41) is 3.17. The number of rotatable bonds is 6. The molecule has 0 unspecified atom stereocenters. The van der Waals surface area contributed by atoms with E-state index in [1.807, 2.05) is 29.2 Å². The van der Waals surface area contributed by atoms with Crippen LogP contribution < -0.4 is 14.8 Å². The van der Waals surface area contributed by atoms with Gasteiger partial charge in [0.1, 0.15) is 11.5 Å². The molecular weight excluding hydrogens is 418 g/mol. The summed E-state index contributed by atoms with van der Waals surface area (Å²) in [4.78, 5) is 30.7. The van der Waals surface area contributed by atoms with Gasteiger partial charge in [0.15, 0.2) is 0 Å². The SMILES string of the molecule is COc1ccc(C(=O)N[C@@H]2C[C@H](C(=O)N3CCN(C)CC3)[C@@H](c3ccc(OC)cc3)C2)cc1. The van der Waals surface area contributed by atoms with Crippen molar-refractivity contribution in [3.8, 4) is 11.5 Å². The Bertz CT molecular complexity index is 953. The monoisotopic (exact) mass is 451 g/mol. The molecule has 3 atom stereocenters. The summed E-state index contributed by atoms with van der Waals surface area (Å²) in [5.74, 6) is 1.49. The van der Waals surface area contributed by atoms with E-state index in [4.69, 9.17) is 9.47 Å². The van der Waals surface area contributed by atoms with Crippen molar-refractivity contribution < 1.29 is 19.1 Å². The number of carbonyl (C=O) groups excluding carboxylic acids is 2. The summed E-state index contributed by atoms with van der Waals surface area (Å²) in [6.45, 7) is 3.29. The van der Waals surface area contributed by atoms with Gasteiger partial charge >= 0.3 is 0 Å². The van der Waals surface area contributed by atoms with Crippen LogP contribution in [-0.4, -0.2) is 75.1 Å². The molecule has 2 fully saturated rings. The van der Waals surface area contributed by atoms with Gasteiger partial charge in [-0.2, -0.15) is 0 Å². The first-order chi connectivity index (χ1) is 16.0. The maximum atomic E-state index is 13.5. The number of amides is 2. The molecule has 0 aromatic heterocycles. The number of carbonyl (C=O) groups is 2. The quantitative estimate of drug-likeness (QED) is 0.731. The van der Waals surface area contributed by atoms with Gasteiger partial charge in [-0.25, -0.2) is 0 Å². The number of hydrogen-bond donors (Lipinski definition) is 1. The molecule has 1 heterocycles. The molecule has 176 valence electrons. The summed E-state index contributed by atoms with van der Waals surface area (Å²) in [6.07, 6.45) is 1.38. The summed E-state index contributed by atoms with van der Waals surface area (Å²) in [7, 11) is 5.34. The predicted octanol–water partition coefficient (Wildman–Crippen LogP) is 2.77. The summed E-state index contributed by atoms with van der Waals surface area (Å²) in [6, 6.07) is 15.0. The fourth-order valence-electron chi connectivity index (χ4n) is 4.92. The zero-order chi connectivity index (χ0) is 23.4. The van der Waals surface area contributed by atoms with Gasteiger partial charge in [-0.1, -0.05) is 12.1 Å². The zero-order valence-corrected chi connectivity index (χ0v) is 19.6. The molecule has 2 aliphatic rings. The first-order valence-corrected chi connectivity index (χ1v) is 11.5. The highest BCUT2D eigenvalue weighted by Gasteiger charge is 2.42. The number of piperazine rings is 1. The van der Waals surface area contributed by atoms with E-state index < -0.39 is 0 Å². The minimum absolute atomic E-state index is 0.0595. The second kappa shape index (κ2) is 10.3. The molecule has 1 saturated heterocycles. The smallest absolute Gasteiger partial charge is 0.251 e. The van der Waals surface area contributed by atoms with Crippen LogP contribution >= 0.6 is 0 Å². The van der Waals surface area contributed by atoms with E-state index in [1.165, 1.54) is 0 Å². The molecule has 0 bridgehead atoms. The normalized spacial score (nSPS) is 23.2. The van der Waals surface area contributed by atoms with Crippen LogP contribution in [0.5, 0.6) is 11.5 Å². The van der Waals surface area contributed by atoms with Gasteiger partial charge in [0.25, 0.3) is 5.91 Å². The maximum absolute atomic E-state index is 13.5. The van der Waals surface area contributed by atoms with Gasteiger partial charge < -0.3 is 24.6 Å². The lowest BCUT2D eigenvalue weighted by atomic mass is 9.87. The number of ether oxygens (including phenoxy) is 2. The van der Waals surface area contributed by atoms with Crippen LogP contribution in [0.2, 0.25) is 0 Å². The summed E-state index contributed by atoms with van der Waals surface area (Å²) < 4.78 is 10.5.